The zero-order valence-electron chi connectivity index (χ0n) is 16.3. The van der Waals surface area contributed by atoms with E-state index in [4.69, 9.17) is 16.3 Å². The molecule has 0 unspecified atom stereocenters. The average molecular weight is 415 g/mol. The molecule has 152 valence electrons. The predicted octanol–water partition coefficient (Wildman–Crippen LogP) is 3.82. The van der Waals surface area contributed by atoms with Crippen molar-refractivity contribution >= 4 is 35.1 Å². The highest BCUT2D eigenvalue weighted by Gasteiger charge is 2.38. The number of rotatable bonds is 6. The minimum Gasteiger partial charge on any atom is -0.452 e. The number of amides is 2. The van der Waals surface area contributed by atoms with Crippen molar-refractivity contribution in [1.29, 1.82) is 0 Å². The molecule has 1 aliphatic rings. The smallest absolute Gasteiger partial charge is 0.312 e. The maximum absolute atomic E-state index is 12.5. The molecule has 0 saturated carbocycles. The van der Waals surface area contributed by atoms with Crippen LogP contribution in [-0.2, 0) is 19.1 Å². The van der Waals surface area contributed by atoms with Gasteiger partial charge in [0.05, 0.1) is 22.7 Å². The molecule has 0 bridgehead atoms. The van der Waals surface area contributed by atoms with Crippen LogP contribution in [0.3, 0.4) is 0 Å². The molecule has 2 aromatic carbocycles. The van der Waals surface area contributed by atoms with Gasteiger partial charge in [0.2, 0.25) is 5.91 Å². The Kier molecular flexibility index (Phi) is 6.54. The molecule has 1 saturated heterocycles. The van der Waals surface area contributed by atoms with Gasteiger partial charge in [-0.25, -0.2) is 0 Å². The summed E-state index contributed by atoms with van der Waals surface area (Å²) in [7, 11) is 0. The van der Waals surface area contributed by atoms with E-state index in [1.165, 1.54) is 6.92 Å². The van der Waals surface area contributed by atoms with E-state index < -0.39 is 23.9 Å². The maximum Gasteiger partial charge on any atom is 0.312 e. The second kappa shape index (κ2) is 9.09. The minimum atomic E-state index is -1.01. The molecule has 1 N–H and O–H groups in total. The van der Waals surface area contributed by atoms with Gasteiger partial charge in [0.25, 0.3) is 5.91 Å². The number of benzene rings is 2. The van der Waals surface area contributed by atoms with Crippen molar-refractivity contribution in [1.82, 2.24) is 4.90 Å². The van der Waals surface area contributed by atoms with E-state index in [2.05, 4.69) is 5.32 Å². The van der Waals surface area contributed by atoms with Crippen molar-refractivity contribution in [2.45, 2.75) is 32.4 Å². The second-order valence-corrected chi connectivity index (χ2v) is 7.49. The number of carbonyl (C=O) groups is 3. The van der Waals surface area contributed by atoms with Gasteiger partial charge in [-0.2, -0.15) is 0 Å². The number of carbonyl (C=O) groups excluding carboxylic acids is 3. The summed E-state index contributed by atoms with van der Waals surface area (Å²) in [6.45, 7) is 3.69. The Morgan fingerprint density at radius 1 is 1.10 bits per heavy atom. The molecule has 0 aliphatic carbocycles. The summed E-state index contributed by atoms with van der Waals surface area (Å²) < 4.78 is 5.32. The van der Waals surface area contributed by atoms with Crippen molar-refractivity contribution in [3.05, 3.63) is 65.2 Å². The van der Waals surface area contributed by atoms with Crippen molar-refractivity contribution in [2.24, 2.45) is 5.92 Å². The van der Waals surface area contributed by atoms with E-state index in [1.54, 1.807) is 29.2 Å². The van der Waals surface area contributed by atoms with Gasteiger partial charge in [-0.05, 0) is 31.5 Å². The highest BCUT2D eigenvalue weighted by atomic mass is 35.5. The molecule has 6 nitrogen and oxygen atoms in total. The van der Waals surface area contributed by atoms with Gasteiger partial charge in [0.1, 0.15) is 0 Å². The first-order valence-electron chi connectivity index (χ1n) is 9.47. The second-order valence-electron chi connectivity index (χ2n) is 7.08. The number of nitrogens with one attached hydrogen (secondary N) is 1. The topological polar surface area (TPSA) is 75.7 Å². The summed E-state index contributed by atoms with van der Waals surface area (Å²) >= 11 is 6.03. The Balaban J connectivity index is 1.57. The van der Waals surface area contributed by atoms with E-state index in [-0.39, 0.29) is 24.9 Å². The first kappa shape index (κ1) is 20.9. The number of esters is 1. The molecule has 3 rings (SSSR count). The summed E-state index contributed by atoms with van der Waals surface area (Å²) in [6.07, 6.45) is -0.927. The molecule has 1 heterocycles. The third-order valence-corrected chi connectivity index (χ3v) is 5.36. The van der Waals surface area contributed by atoms with Crippen molar-refractivity contribution < 1.29 is 19.1 Å². The van der Waals surface area contributed by atoms with Crippen molar-refractivity contribution in [3.63, 3.8) is 0 Å². The largest absolute Gasteiger partial charge is 0.452 e. The molecule has 7 heteroatoms. The lowest BCUT2D eigenvalue weighted by molar-refractivity contribution is -0.157. The number of hydrogen-bond donors (Lipinski definition) is 1. The van der Waals surface area contributed by atoms with Crippen LogP contribution in [-0.4, -0.2) is 35.3 Å². The lowest BCUT2D eigenvalue weighted by Gasteiger charge is -2.25. The molecule has 1 aliphatic heterocycles. The van der Waals surface area contributed by atoms with Gasteiger partial charge in [0, 0.05) is 13.0 Å². The van der Waals surface area contributed by atoms with Crippen LogP contribution in [0.5, 0.6) is 0 Å². The molecule has 29 heavy (non-hydrogen) atoms. The zero-order chi connectivity index (χ0) is 21.0. The number of para-hydroxylation sites is 1. The van der Waals surface area contributed by atoms with E-state index >= 15 is 0 Å². The molecule has 0 radical (unpaired) electrons. The van der Waals surface area contributed by atoms with E-state index in [9.17, 15) is 14.4 Å². The predicted molar refractivity (Wildman–Crippen MR) is 110 cm³/mol. The summed E-state index contributed by atoms with van der Waals surface area (Å²) in [5.74, 6) is -1.73. The molecular weight excluding hydrogens is 392 g/mol. The van der Waals surface area contributed by atoms with Crippen LogP contribution in [0.4, 0.5) is 5.69 Å². The number of ether oxygens (including phenoxy) is 1. The highest BCUT2D eigenvalue weighted by molar-refractivity contribution is 6.33. The molecule has 2 amide bonds. The Hall–Kier alpha value is -2.86. The molecule has 0 aromatic heterocycles. The molecule has 3 atom stereocenters. The van der Waals surface area contributed by atoms with Gasteiger partial charge in [-0.15, -0.1) is 0 Å². The highest BCUT2D eigenvalue weighted by Crippen LogP contribution is 2.29. The summed E-state index contributed by atoms with van der Waals surface area (Å²) in [4.78, 5) is 38.9. The molecule has 2 aromatic rings. The maximum atomic E-state index is 12.5. The zero-order valence-corrected chi connectivity index (χ0v) is 17.1. The lowest BCUT2D eigenvalue weighted by atomic mass is 10.1. The summed E-state index contributed by atoms with van der Waals surface area (Å²) in [5.41, 5.74) is 1.45. The van der Waals surface area contributed by atoms with Gasteiger partial charge in [-0.3, -0.25) is 14.4 Å². The third kappa shape index (κ3) is 4.95. The number of likely N-dealkylation sites (tertiary alicyclic amines) is 1. The monoisotopic (exact) mass is 414 g/mol. The van der Waals surface area contributed by atoms with Crippen LogP contribution in [0.2, 0.25) is 5.02 Å². The summed E-state index contributed by atoms with van der Waals surface area (Å²) in [5, 5.41) is 3.03. The van der Waals surface area contributed by atoms with Crippen LogP contribution in [0.1, 0.15) is 31.9 Å². The number of nitrogens with zero attached hydrogens (tertiary/aromatic N) is 1. The standard InChI is InChI=1S/C22H23ClN2O4/c1-14(16-8-4-3-5-9-16)25-13-17(12-20(25)26)22(28)29-15(2)21(27)24-19-11-7-6-10-18(19)23/h3-11,14-15,17H,12-13H2,1-2H3,(H,24,27)/t14-,15-,17+/m0/s1. The Morgan fingerprint density at radius 2 is 1.76 bits per heavy atom. The van der Waals surface area contributed by atoms with Gasteiger partial charge in [0.15, 0.2) is 6.10 Å². The van der Waals surface area contributed by atoms with Crippen molar-refractivity contribution in [2.75, 3.05) is 11.9 Å². The SMILES string of the molecule is C[C@H](OC(=O)[C@@H]1CC(=O)N([C@@H](C)c2ccccc2)C1)C(=O)Nc1ccccc1Cl. The third-order valence-electron chi connectivity index (χ3n) is 5.04. The van der Waals surface area contributed by atoms with E-state index in [0.717, 1.165) is 5.56 Å². The van der Waals surface area contributed by atoms with Crippen LogP contribution < -0.4 is 5.32 Å². The van der Waals surface area contributed by atoms with Gasteiger partial charge >= 0.3 is 5.97 Å². The normalized spacial score (nSPS) is 18.2. The minimum absolute atomic E-state index is 0.0782. The molecule has 0 spiro atoms. The quantitative estimate of drug-likeness (QED) is 0.729. The number of anilines is 1. The average Bonchev–Trinajstić information content (AvgIpc) is 3.11. The fraction of sp³-hybridized carbons (Fsp3) is 0.318. The van der Waals surface area contributed by atoms with E-state index in [1.807, 2.05) is 37.3 Å². The number of hydrogen-bond acceptors (Lipinski definition) is 4. The molecular formula is C22H23ClN2O4. The van der Waals surface area contributed by atoms with Crippen LogP contribution in [0, 0.1) is 5.92 Å². The van der Waals surface area contributed by atoms with Crippen LogP contribution >= 0.6 is 11.6 Å². The van der Waals surface area contributed by atoms with Gasteiger partial charge in [-0.1, -0.05) is 54.1 Å². The Morgan fingerprint density at radius 3 is 2.45 bits per heavy atom. The lowest BCUT2D eigenvalue weighted by Crippen LogP contribution is -2.33. The first-order chi connectivity index (χ1) is 13.9. The number of halogens is 1. The summed E-state index contributed by atoms with van der Waals surface area (Å²) in [6, 6.07) is 16.3. The fourth-order valence-corrected chi connectivity index (χ4v) is 3.48. The molecule has 1 fully saturated rings. The van der Waals surface area contributed by atoms with Gasteiger partial charge < -0.3 is 15.0 Å². The Bertz CT molecular complexity index is 903. The van der Waals surface area contributed by atoms with E-state index in [0.29, 0.717) is 10.7 Å². The Labute approximate surface area is 174 Å². The van der Waals surface area contributed by atoms with Crippen LogP contribution in [0.15, 0.2) is 54.6 Å². The first-order valence-corrected chi connectivity index (χ1v) is 9.85. The van der Waals surface area contributed by atoms with Crippen molar-refractivity contribution in [3.8, 4) is 0 Å². The van der Waals surface area contributed by atoms with Crippen LogP contribution in [0.25, 0.3) is 0 Å². The fourth-order valence-electron chi connectivity index (χ4n) is 3.30.